The highest BCUT2D eigenvalue weighted by Gasteiger charge is 2.45. The summed E-state index contributed by atoms with van der Waals surface area (Å²) in [6, 6.07) is 3.27. The van der Waals surface area contributed by atoms with Crippen molar-refractivity contribution in [1.29, 1.82) is 0 Å². The summed E-state index contributed by atoms with van der Waals surface area (Å²) >= 11 is 0. The average molecular weight is 256 g/mol. The highest BCUT2D eigenvalue weighted by Crippen LogP contribution is 2.31. The van der Waals surface area contributed by atoms with Crippen LogP contribution in [0.15, 0.2) is 18.2 Å². The molecule has 4 nitrogen and oxygen atoms in total. The summed E-state index contributed by atoms with van der Waals surface area (Å²) in [5.41, 5.74) is 4.97. The van der Waals surface area contributed by atoms with Crippen molar-refractivity contribution in [2.24, 2.45) is 5.73 Å². The second-order valence-corrected chi connectivity index (χ2v) is 4.34. The first-order valence-electron chi connectivity index (χ1n) is 5.66. The van der Waals surface area contributed by atoms with Crippen LogP contribution < -0.4 is 15.8 Å². The lowest BCUT2D eigenvalue weighted by Gasteiger charge is -2.11. The molecule has 1 aromatic carbocycles. The number of nitrogens with one attached hydrogen (secondary N) is 1. The smallest absolute Gasteiger partial charge is 0.240 e. The van der Waals surface area contributed by atoms with E-state index in [1.807, 2.05) is 0 Å². The molecule has 0 heterocycles. The van der Waals surface area contributed by atoms with Crippen LogP contribution in [0.2, 0.25) is 0 Å². The van der Waals surface area contributed by atoms with Crippen molar-refractivity contribution in [3.8, 4) is 5.75 Å². The standard InChI is InChI=1S/C12H14F2N2O2/c13-9-2-1-8(7-10(9)14)18-6-5-16-11(17)12(15)3-4-12/h1-2,7H,3-6,15H2,(H,16,17). The van der Waals surface area contributed by atoms with Crippen molar-refractivity contribution in [3.05, 3.63) is 29.8 Å². The number of hydrogen-bond donors (Lipinski definition) is 2. The molecule has 1 aromatic rings. The molecule has 98 valence electrons. The fourth-order valence-corrected chi connectivity index (χ4v) is 1.44. The molecule has 3 N–H and O–H groups in total. The highest BCUT2D eigenvalue weighted by molar-refractivity contribution is 5.88. The van der Waals surface area contributed by atoms with Crippen molar-refractivity contribution >= 4 is 5.91 Å². The largest absolute Gasteiger partial charge is 0.492 e. The predicted octanol–water partition coefficient (Wildman–Crippen LogP) is 0.951. The first-order chi connectivity index (χ1) is 8.51. The summed E-state index contributed by atoms with van der Waals surface area (Å²) < 4.78 is 30.6. The Labute approximate surface area is 103 Å². The molecule has 0 aliphatic heterocycles. The summed E-state index contributed by atoms with van der Waals surface area (Å²) in [6.45, 7) is 0.448. The van der Waals surface area contributed by atoms with Gasteiger partial charge in [0.1, 0.15) is 12.4 Å². The van der Waals surface area contributed by atoms with Gasteiger partial charge in [-0.05, 0) is 25.0 Å². The number of halogens is 2. The Morgan fingerprint density at radius 2 is 2.11 bits per heavy atom. The van der Waals surface area contributed by atoms with E-state index in [0.29, 0.717) is 12.8 Å². The number of nitrogens with two attached hydrogens (primary N) is 1. The first-order valence-corrected chi connectivity index (χ1v) is 5.66. The van der Waals surface area contributed by atoms with Crippen LogP contribution in [-0.2, 0) is 4.79 Å². The monoisotopic (exact) mass is 256 g/mol. The maximum absolute atomic E-state index is 12.8. The molecule has 1 aliphatic rings. The Bertz CT molecular complexity index is 461. The highest BCUT2D eigenvalue weighted by atomic mass is 19.2. The van der Waals surface area contributed by atoms with Gasteiger partial charge >= 0.3 is 0 Å². The number of ether oxygens (including phenoxy) is 1. The molecule has 0 atom stereocenters. The van der Waals surface area contributed by atoms with Crippen molar-refractivity contribution in [2.75, 3.05) is 13.2 Å². The minimum Gasteiger partial charge on any atom is -0.492 e. The van der Waals surface area contributed by atoms with Crippen LogP contribution >= 0.6 is 0 Å². The van der Waals surface area contributed by atoms with E-state index >= 15 is 0 Å². The number of carbonyl (C=O) groups is 1. The van der Waals surface area contributed by atoms with Gasteiger partial charge in [-0.15, -0.1) is 0 Å². The molecule has 0 radical (unpaired) electrons. The van der Waals surface area contributed by atoms with E-state index in [-0.39, 0.29) is 24.8 Å². The molecule has 0 saturated heterocycles. The third-order valence-corrected chi connectivity index (χ3v) is 2.79. The summed E-state index contributed by atoms with van der Waals surface area (Å²) in [4.78, 5) is 11.4. The van der Waals surface area contributed by atoms with E-state index < -0.39 is 17.2 Å². The first kappa shape index (κ1) is 12.8. The summed E-state index contributed by atoms with van der Waals surface area (Å²) in [5.74, 6) is -1.86. The number of hydrogen-bond acceptors (Lipinski definition) is 3. The molecule has 0 bridgehead atoms. The van der Waals surface area contributed by atoms with Crippen molar-refractivity contribution in [3.63, 3.8) is 0 Å². The number of carbonyl (C=O) groups excluding carboxylic acids is 1. The van der Waals surface area contributed by atoms with Gasteiger partial charge in [0.05, 0.1) is 12.1 Å². The molecule has 2 rings (SSSR count). The molecule has 0 spiro atoms. The summed E-state index contributed by atoms with van der Waals surface area (Å²) in [7, 11) is 0. The Kier molecular flexibility index (Phi) is 3.47. The lowest BCUT2D eigenvalue weighted by atomic mass is 10.3. The Morgan fingerprint density at radius 1 is 1.39 bits per heavy atom. The molecule has 0 unspecified atom stereocenters. The zero-order valence-corrected chi connectivity index (χ0v) is 9.71. The van der Waals surface area contributed by atoms with E-state index in [1.165, 1.54) is 6.07 Å². The molecule has 18 heavy (non-hydrogen) atoms. The summed E-state index contributed by atoms with van der Waals surface area (Å²) in [5, 5.41) is 2.62. The second kappa shape index (κ2) is 4.89. The molecule has 1 saturated carbocycles. The van der Waals surface area contributed by atoms with Gasteiger partial charge in [0, 0.05) is 6.07 Å². The Morgan fingerprint density at radius 3 is 2.72 bits per heavy atom. The number of amides is 1. The van der Waals surface area contributed by atoms with Crippen LogP contribution in [0.25, 0.3) is 0 Å². The zero-order valence-electron chi connectivity index (χ0n) is 9.71. The molecule has 1 amide bonds. The van der Waals surface area contributed by atoms with Crippen molar-refractivity contribution < 1.29 is 18.3 Å². The van der Waals surface area contributed by atoms with Gasteiger partial charge in [0.15, 0.2) is 11.6 Å². The number of benzene rings is 1. The minimum atomic E-state index is -0.963. The minimum absolute atomic E-state index is 0.174. The van der Waals surface area contributed by atoms with Gasteiger partial charge < -0.3 is 15.8 Å². The molecule has 0 aromatic heterocycles. The van der Waals surface area contributed by atoms with Gasteiger partial charge in [-0.1, -0.05) is 0 Å². The quantitative estimate of drug-likeness (QED) is 0.771. The van der Waals surface area contributed by atoms with E-state index in [0.717, 1.165) is 12.1 Å². The maximum atomic E-state index is 12.8. The van der Waals surface area contributed by atoms with Crippen LogP contribution in [0.5, 0.6) is 5.75 Å². The number of rotatable bonds is 5. The van der Waals surface area contributed by atoms with Crippen LogP contribution in [0, 0.1) is 11.6 Å². The van der Waals surface area contributed by atoms with E-state index in [1.54, 1.807) is 0 Å². The molecule has 1 aliphatic carbocycles. The topological polar surface area (TPSA) is 64.4 Å². The molecule has 1 fully saturated rings. The van der Waals surface area contributed by atoms with Crippen LogP contribution in [0.3, 0.4) is 0 Å². The van der Waals surface area contributed by atoms with Gasteiger partial charge in [-0.25, -0.2) is 8.78 Å². The van der Waals surface area contributed by atoms with Crippen molar-refractivity contribution in [1.82, 2.24) is 5.32 Å². The fraction of sp³-hybridized carbons (Fsp3) is 0.417. The fourth-order valence-electron chi connectivity index (χ4n) is 1.44. The SMILES string of the molecule is NC1(C(=O)NCCOc2ccc(F)c(F)c2)CC1. The average Bonchev–Trinajstić information content (AvgIpc) is 3.08. The normalized spacial score (nSPS) is 16.2. The lowest BCUT2D eigenvalue weighted by molar-refractivity contribution is -0.123. The Hall–Kier alpha value is -1.69. The van der Waals surface area contributed by atoms with E-state index in [9.17, 15) is 13.6 Å². The van der Waals surface area contributed by atoms with E-state index in [2.05, 4.69) is 5.32 Å². The third kappa shape index (κ3) is 2.95. The molecular formula is C12H14F2N2O2. The van der Waals surface area contributed by atoms with Gasteiger partial charge in [0.25, 0.3) is 0 Å². The van der Waals surface area contributed by atoms with Crippen molar-refractivity contribution in [2.45, 2.75) is 18.4 Å². The third-order valence-electron chi connectivity index (χ3n) is 2.79. The van der Waals surface area contributed by atoms with Crippen LogP contribution in [0.4, 0.5) is 8.78 Å². The van der Waals surface area contributed by atoms with Crippen LogP contribution in [0.1, 0.15) is 12.8 Å². The Balaban J connectivity index is 1.72. The lowest BCUT2D eigenvalue weighted by Crippen LogP contribution is -2.44. The molecular weight excluding hydrogens is 242 g/mol. The van der Waals surface area contributed by atoms with E-state index in [4.69, 9.17) is 10.5 Å². The predicted molar refractivity (Wildman–Crippen MR) is 61.0 cm³/mol. The zero-order chi connectivity index (χ0) is 13.2. The van der Waals surface area contributed by atoms with Gasteiger partial charge in [-0.2, -0.15) is 0 Å². The summed E-state index contributed by atoms with van der Waals surface area (Å²) in [6.07, 6.45) is 1.39. The van der Waals surface area contributed by atoms with Gasteiger partial charge in [0.2, 0.25) is 5.91 Å². The van der Waals surface area contributed by atoms with Crippen LogP contribution in [-0.4, -0.2) is 24.6 Å². The molecule has 6 heteroatoms. The second-order valence-electron chi connectivity index (χ2n) is 4.34. The maximum Gasteiger partial charge on any atom is 0.240 e. The van der Waals surface area contributed by atoms with Gasteiger partial charge in [-0.3, -0.25) is 4.79 Å².